The van der Waals surface area contributed by atoms with E-state index in [0.717, 1.165) is 0 Å². The standard InChI is InChI=1S/C16H18N2O10/c1-24-12-5-9(10(18(22)23)6-13(12)25-2)7-27-16(21)17-4-3-11-15(20)26-8-14(19)28-11/h5-6,11H,3-4,7-8H2,1-2H3,(H,17,21). The number of hydrogen-bond acceptors (Lipinski definition) is 10. The van der Waals surface area contributed by atoms with Gasteiger partial charge in [-0.15, -0.1) is 0 Å². The van der Waals surface area contributed by atoms with Gasteiger partial charge in [0, 0.05) is 13.0 Å². The van der Waals surface area contributed by atoms with E-state index >= 15 is 0 Å². The molecule has 1 aromatic carbocycles. The van der Waals surface area contributed by atoms with E-state index in [1.54, 1.807) is 0 Å². The van der Waals surface area contributed by atoms with Crippen molar-refractivity contribution in [2.75, 3.05) is 27.4 Å². The molecule has 0 aliphatic carbocycles. The maximum atomic E-state index is 11.8. The summed E-state index contributed by atoms with van der Waals surface area (Å²) >= 11 is 0. The van der Waals surface area contributed by atoms with Crippen LogP contribution in [0.2, 0.25) is 0 Å². The van der Waals surface area contributed by atoms with Crippen LogP contribution in [0.25, 0.3) is 0 Å². The molecule has 0 radical (unpaired) electrons. The fourth-order valence-electron chi connectivity index (χ4n) is 2.34. The van der Waals surface area contributed by atoms with Gasteiger partial charge in [0.25, 0.3) is 5.69 Å². The number of benzene rings is 1. The molecule has 1 aliphatic rings. The SMILES string of the molecule is COc1cc(COC(=O)NCCC2OC(=O)COC2=O)c([N+](=O)[O-])cc1OC. The number of cyclic esters (lactones) is 2. The average molecular weight is 398 g/mol. The Bertz CT molecular complexity index is 779. The maximum Gasteiger partial charge on any atom is 0.407 e. The number of alkyl carbamates (subject to hydrolysis) is 1. The van der Waals surface area contributed by atoms with E-state index in [1.807, 2.05) is 0 Å². The number of methoxy groups -OCH3 is 2. The number of carbonyl (C=O) groups excluding carboxylic acids is 3. The van der Waals surface area contributed by atoms with Crippen molar-refractivity contribution in [1.82, 2.24) is 5.32 Å². The van der Waals surface area contributed by atoms with Crippen LogP contribution in [0.3, 0.4) is 0 Å². The second-order valence-electron chi connectivity index (χ2n) is 5.47. The normalized spacial score (nSPS) is 15.9. The summed E-state index contributed by atoms with van der Waals surface area (Å²) in [5.41, 5.74) is -0.204. The second kappa shape index (κ2) is 9.39. The van der Waals surface area contributed by atoms with Gasteiger partial charge in [0.15, 0.2) is 18.1 Å². The van der Waals surface area contributed by atoms with Gasteiger partial charge in [0.2, 0.25) is 6.10 Å². The van der Waals surface area contributed by atoms with Crippen LogP contribution >= 0.6 is 0 Å². The summed E-state index contributed by atoms with van der Waals surface area (Å²) in [4.78, 5) is 44.8. The number of nitrogens with zero attached hydrogens (tertiary/aromatic N) is 1. The molecule has 28 heavy (non-hydrogen) atoms. The Labute approximate surface area is 158 Å². The van der Waals surface area contributed by atoms with E-state index in [4.69, 9.17) is 18.9 Å². The van der Waals surface area contributed by atoms with E-state index < -0.39 is 42.3 Å². The summed E-state index contributed by atoms with van der Waals surface area (Å²) in [5.74, 6) is -0.968. The molecular weight excluding hydrogens is 380 g/mol. The minimum atomic E-state index is -1.10. The predicted octanol–water partition coefficient (Wildman–Crippen LogP) is 0.697. The molecular formula is C16H18N2O10. The predicted molar refractivity (Wildman–Crippen MR) is 89.8 cm³/mol. The van der Waals surface area contributed by atoms with Crippen LogP contribution in [-0.2, 0) is 30.4 Å². The number of nitrogens with one attached hydrogen (secondary N) is 1. The number of hydrogen-bond donors (Lipinski definition) is 1. The zero-order valence-corrected chi connectivity index (χ0v) is 15.1. The number of ether oxygens (including phenoxy) is 5. The summed E-state index contributed by atoms with van der Waals surface area (Å²) in [6.45, 7) is -0.877. The fourth-order valence-corrected chi connectivity index (χ4v) is 2.34. The van der Waals surface area contributed by atoms with Crippen LogP contribution in [0.1, 0.15) is 12.0 Å². The molecule has 1 aromatic rings. The van der Waals surface area contributed by atoms with Gasteiger partial charge in [-0.05, 0) is 6.07 Å². The van der Waals surface area contributed by atoms with Crippen molar-refractivity contribution >= 4 is 23.7 Å². The third-order valence-electron chi connectivity index (χ3n) is 3.69. The smallest absolute Gasteiger partial charge is 0.407 e. The molecule has 1 heterocycles. The molecule has 1 atom stereocenters. The Morgan fingerprint density at radius 1 is 1.29 bits per heavy atom. The second-order valence-corrected chi connectivity index (χ2v) is 5.47. The van der Waals surface area contributed by atoms with Crippen LogP contribution in [0.5, 0.6) is 11.5 Å². The summed E-state index contributed by atoms with van der Waals surface area (Å²) in [6, 6.07) is 2.50. The van der Waals surface area contributed by atoms with Crippen molar-refractivity contribution in [1.29, 1.82) is 0 Å². The van der Waals surface area contributed by atoms with Gasteiger partial charge in [-0.25, -0.2) is 14.4 Å². The third-order valence-corrected chi connectivity index (χ3v) is 3.69. The molecule has 1 saturated heterocycles. The lowest BCUT2D eigenvalue weighted by Gasteiger charge is -2.21. The molecule has 0 spiro atoms. The molecule has 1 N–H and O–H groups in total. The summed E-state index contributed by atoms with van der Waals surface area (Å²) in [7, 11) is 2.70. The molecule has 1 amide bonds. The molecule has 1 unspecified atom stereocenters. The first-order chi connectivity index (χ1) is 13.3. The highest BCUT2D eigenvalue weighted by atomic mass is 16.6. The summed E-state index contributed by atoms with van der Waals surface area (Å²) < 4.78 is 24.4. The van der Waals surface area contributed by atoms with E-state index in [0.29, 0.717) is 0 Å². The van der Waals surface area contributed by atoms with Crippen molar-refractivity contribution in [2.45, 2.75) is 19.1 Å². The lowest BCUT2D eigenvalue weighted by atomic mass is 10.1. The van der Waals surface area contributed by atoms with Gasteiger partial charge >= 0.3 is 18.0 Å². The number of carbonyl (C=O) groups is 3. The Balaban J connectivity index is 1.90. The molecule has 0 saturated carbocycles. The lowest BCUT2D eigenvalue weighted by molar-refractivity contribution is -0.385. The van der Waals surface area contributed by atoms with E-state index in [1.165, 1.54) is 26.4 Å². The Morgan fingerprint density at radius 3 is 2.61 bits per heavy atom. The van der Waals surface area contributed by atoms with Gasteiger partial charge in [-0.3, -0.25) is 10.1 Å². The maximum absolute atomic E-state index is 11.8. The van der Waals surface area contributed by atoms with Crippen molar-refractivity contribution in [3.63, 3.8) is 0 Å². The van der Waals surface area contributed by atoms with Crippen molar-refractivity contribution in [3.05, 3.63) is 27.8 Å². The van der Waals surface area contributed by atoms with E-state index in [2.05, 4.69) is 10.1 Å². The average Bonchev–Trinajstić information content (AvgIpc) is 2.68. The molecule has 12 nitrogen and oxygen atoms in total. The topological polar surface area (TPSA) is 153 Å². The van der Waals surface area contributed by atoms with Gasteiger partial charge in [-0.2, -0.15) is 0 Å². The molecule has 152 valence electrons. The fraction of sp³-hybridized carbons (Fsp3) is 0.438. The van der Waals surface area contributed by atoms with Crippen LogP contribution in [-0.4, -0.2) is 56.4 Å². The van der Waals surface area contributed by atoms with Gasteiger partial charge < -0.3 is 29.0 Å². The Morgan fingerprint density at radius 2 is 1.96 bits per heavy atom. The number of rotatable bonds is 8. The first-order valence-electron chi connectivity index (χ1n) is 8.01. The highest BCUT2D eigenvalue weighted by Gasteiger charge is 2.30. The van der Waals surface area contributed by atoms with E-state index in [9.17, 15) is 24.5 Å². The summed E-state index contributed by atoms with van der Waals surface area (Å²) in [6.07, 6.45) is -1.98. The number of esters is 2. The minimum absolute atomic E-state index is 0.00379. The zero-order valence-electron chi connectivity index (χ0n) is 15.1. The minimum Gasteiger partial charge on any atom is -0.493 e. The largest absolute Gasteiger partial charge is 0.493 e. The number of amides is 1. The molecule has 1 aliphatic heterocycles. The monoisotopic (exact) mass is 398 g/mol. The molecule has 2 rings (SSSR count). The van der Waals surface area contributed by atoms with Crippen LogP contribution in [0.4, 0.5) is 10.5 Å². The Kier molecular flexibility index (Phi) is 6.96. The van der Waals surface area contributed by atoms with Crippen molar-refractivity contribution < 1.29 is 43.0 Å². The first-order valence-corrected chi connectivity index (χ1v) is 8.01. The molecule has 0 aromatic heterocycles. The highest BCUT2D eigenvalue weighted by Crippen LogP contribution is 2.34. The molecule has 12 heteroatoms. The van der Waals surface area contributed by atoms with Crippen molar-refractivity contribution in [3.8, 4) is 11.5 Å². The molecule has 0 bridgehead atoms. The van der Waals surface area contributed by atoms with Crippen LogP contribution in [0.15, 0.2) is 12.1 Å². The van der Waals surface area contributed by atoms with Crippen LogP contribution < -0.4 is 14.8 Å². The quantitative estimate of drug-likeness (QED) is 0.286. The number of nitro groups is 1. The molecule has 1 fully saturated rings. The van der Waals surface area contributed by atoms with Gasteiger partial charge in [-0.1, -0.05) is 0 Å². The Hall–Kier alpha value is -3.57. The zero-order chi connectivity index (χ0) is 20.7. The first kappa shape index (κ1) is 20.7. The highest BCUT2D eigenvalue weighted by molar-refractivity contribution is 5.85. The number of nitro benzene ring substituents is 1. The lowest BCUT2D eigenvalue weighted by Crippen LogP contribution is -2.40. The van der Waals surface area contributed by atoms with Crippen molar-refractivity contribution in [2.24, 2.45) is 0 Å². The van der Waals surface area contributed by atoms with Gasteiger partial charge in [0.1, 0.15) is 6.61 Å². The third kappa shape index (κ3) is 5.22. The van der Waals surface area contributed by atoms with Crippen LogP contribution in [0, 0.1) is 10.1 Å². The summed E-state index contributed by atoms with van der Waals surface area (Å²) in [5, 5.41) is 13.6. The van der Waals surface area contributed by atoms with E-state index in [-0.39, 0.29) is 35.7 Å². The van der Waals surface area contributed by atoms with Gasteiger partial charge in [0.05, 0.1) is 30.8 Å².